The second-order valence-electron chi connectivity index (χ2n) is 12.2. The zero-order chi connectivity index (χ0) is 35.3. The van der Waals surface area contributed by atoms with E-state index in [1.54, 1.807) is 38.1 Å². The molecule has 1 aliphatic heterocycles. The molecular weight excluding hydrogens is 674 g/mol. The van der Waals surface area contributed by atoms with Gasteiger partial charge in [0.05, 0.1) is 28.7 Å². The zero-order valence-corrected chi connectivity index (χ0v) is 28.4. The van der Waals surface area contributed by atoms with Crippen LogP contribution in [0, 0.1) is 5.82 Å². The Morgan fingerprint density at radius 3 is 2.51 bits per heavy atom. The molecule has 1 saturated heterocycles. The average Bonchev–Trinajstić information content (AvgIpc) is 3.61. The lowest BCUT2D eigenvalue weighted by Crippen LogP contribution is -2.39. The van der Waals surface area contributed by atoms with Gasteiger partial charge in [-0.1, -0.05) is 48.5 Å². The molecule has 2 unspecified atom stereocenters. The van der Waals surface area contributed by atoms with Crippen LogP contribution in [0.25, 0.3) is 10.4 Å². The number of hydrogen-bond acceptors (Lipinski definition) is 10. The van der Waals surface area contributed by atoms with E-state index in [1.165, 1.54) is 18.2 Å². The van der Waals surface area contributed by atoms with E-state index in [-0.39, 0.29) is 22.6 Å². The number of ether oxygens (including phenoxy) is 1. The number of rotatable bonds is 12. The van der Waals surface area contributed by atoms with E-state index in [9.17, 15) is 28.6 Å². The highest BCUT2D eigenvalue weighted by molar-refractivity contribution is 8.24. The third-order valence-corrected chi connectivity index (χ3v) is 10.8. The Morgan fingerprint density at radius 1 is 1.10 bits per heavy atom. The monoisotopic (exact) mass is 711 g/mol. The normalized spacial score (nSPS) is 16.7. The van der Waals surface area contributed by atoms with Crippen molar-refractivity contribution in [1.82, 2.24) is 15.6 Å². The van der Waals surface area contributed by atoms with E-state index < -0.39 is 58.6 Å². The van der Waals surface area contributed by atoms with Gasteiger partial charge in [-0.25, -0.2) is 14.2 Å². The predicted octanol–water partition coefficient (Wildman–Crippen LogP) is 5.67. The summed E-state index contributed by atoms with van der Waals surface area (Å²) in [5.41, 5.74) is 6.53. The first-order valence-electron chi connectivity index (χ1n) is 15.4. The quantitative estimate of drug-likeness (QED) is 0.0969. The fourth-order valence-electron chi connectivity index (χ4n) is 5.32. The van der Waals surface area contributed by atoms with Gasteiger partial charge in [0.15, 0.2) is 6.61 Å². The van der Waals surface area contributed by atoms with Crippen LogP contribution in [0.5, 0.6) is 0 Å². The summed E-state index contributed by atoms with van der Waals surface area (Å²) >= 11 is 1.10. The lowest BCUT2D eigenvalue weighted by Gasteiger charge is -2.26. The lowest BCUT2D eigenvalue weighted by atomic mass is 9.96. The maximum atomic E-state index is 15.1. The highest BCUT2D eigenvalue weighted by Gasteiger charge is 2.30. The fourth-order valence-corrected chi connectivity index (χ4v) is 8.14. The van der Waals surface area contributed by atoms with Gasteiger partial charge >= 0.3 is 6.09 Å². The first-order chi connectivity index (χ1) is 23.2. The Balaban J connectivity index is 1.33. The number of nitrogens with two attached hydrogens (primary N) is 1. The Bertz CT molecular complexity index is 1830. The number of anilines is 2. The van der Waals surface area contributed by atoms with Gasteiger partial charge in [-0.2, -0.15) is 10.6 Å². The summed E-state index contributed by atoms with van der Waals surface area (Å²) in [6, 6.07) is 19.2. The first-order valence-corrected chi connectivity index (χ1v) is 18.1. The number of carbonyl (C=O) groups excluding carboxylic acids is 3. The molecular formula is C34H38FN5O7S2. The highest BCUT2D eigenvalue weighted by Crippen LogP contribution is 2.45. The van der Waals surface area contributed by atoms with Gasteiger partial charge in [0.2, 0.25) is 0 Å². The van der Waals surface area contributed by atoms with Crippen LogP contribution in [0.3, 0.4) is 0 Å². The van der Waals surface area contributed by atoms with Crippen molar-refractivity contribution >= 4 is 50.7 Å². The van der Waals surface area contributed by atoms with E-state index in [0.29, 0.717) is 39.8 Å². The number of amides is 3. The molecule has 15 heteroatoms. The number of thiophene rings is 1. The van der Waals surface area contributed by atoms with Crippen molar-refractivity contribution in [3.63, 3.8) is 0 Å². The third-order valence-electron chi connectivity index (χ3n) is 7.84. The molecule has 12 nitrogen and oxygen atoms in total. The average molecular weight is 712 g/mol. The molecule has 3 amide bonds. The van der Waals surface area contributed by atoms with Crippen molar-refractivity contribution in [3.05, 3.63) is 101 Å². The van der Waals surface area contributed by atoms with E-state index in [1.807, 2.05) is 30.3 Å². The summed E-state index contributed by atoms with van der Waals surface area (Å²) in [5, 5.41) is 19.1. The maximum Gasteiger partial charge on any atom is 0.408 e. The zero-order valence-electron chi connectivity index (χ0n) is 26.8. The van der Waals surface area contributed by atoms with Crippen LogP contribution in [-0.4, -0.2) is 61.3 Å². The topological polar surface area (TPSA) is 196 Å². The lowest BCUT2D eigenvalue weighted by molar-refractivity contribution is -0.124. The van der Waals surface area contributed by atoms with Crippen LogP contribution in [0.1, 0.15) is 53.5 Å². The number of halogens is 1. The van der Waals surface area contributed by atoms with Gasteiger partial charge in [-0.3, -0.25) is 18.7 Å². The van der Waals surface area contributed by atoms with Crippen LogP contribution in [0.4, 0.5) is 20.0 Å². The van der Waals surface area contributed by atoms with E-state index in [2.05, 4.69) is 20.9 Å². The standard InChI is InChI=1S/C34H38FN5O7S2/c1-34(2,44)21-11-12-23(25(35)16-21)28-17-24(31(36)42)32(48-28)40-29-10-6-9-26(38-29)27(15-20-7-4-3-5-8-20)39-33(43)47-18-30(41)37-22-13-14-49(45,46)19-22/h3-12,16-17,22,27,44-46H,13-15,18-19H2,1-2H3,(H2,36,42)(H,37,41)(H,38,40)(H,39,43). The molecule has 1 fully saturated rings. The molecule has 0 radical (unpaired) electrons. The number of pyridine rings is 1. The molecule has 1 aliphatic rings. The molecule has 2 aromatic heterocycles. The molecule has 49 heavy (non-hydrogen) atoms. The van der Waals surface area contributed by atoms with Gasteiger partial charge in [0.1, 0.15) is 16.6 Å². The number of carbonyl (C=O) groups is 3. The summed E-state index contributed by atoms with van der Waals surface area (Å²) in [6.45, 7) is 2.55. The predicted molar refractivity (Wildman–Crippen MR) is 187 cm³/mol. The first kappa shape index (κ1) is 35.8. The van der Waals surface area contributed by atoms with Gasteiger partial charge in [0.25, 0.3) is 11.8 Å². The van der Waals surface area contributed by atoms with Crippen LogP contribution >= 0.6 is 21.9 Å². The van der Waals surface area contributed by atoms with Crippen molar-refractivity contribution < 1.29 is 37.7 Å². The summed E-state index contributed by atoms with van der Waals surface area (Å²) < 4.78 is 39.9. The summed E-state index contributed by atoms with van der Waals surface area (Å²) in [6.07, 6.45) is -0.103. The summed E-state index contributed by atoms with van der Waals surface area (Å²) in [5.74, 6) is -1.25. The molecule has 4 aromatic rings. The molecule has 8 N–H and O–H groups in total. The number of nitrogens with one attached hydrogen (secondary N) is 3. The SMILES string of the molecule is CC(C)(O)c1ccc(-c2cc(C(N)=O)c(Nc3cccc(C(Cc4ccccc4)NC(=O)OCC(=O)NC4CCS(O)(O)C4)n3)s2)c(F)c1. The van der Waals surface area contributed by atoms with E-state index >= 15 is 4.39 Å². The number of aromatic nitrogens is 1. The molecule has 0 bridgehead atoms. The number of aliphatic hydroxyl groups is 1. The maximum absolute atomic E-state index is 15.1. The number of nitrogens with zero attached hydrogens (tertiary/aromatic N) is 1. The van der Waals surface area contributed by atoms with Crippen molar-refractivity contribution in [1.29, 1.82) is 0 Å². The Hall–Kier alpha value is -4.54. The molecule has 2 atom stereocenters. The molecule has 0 aliphatic carbocycles. The minimum Gasteiger partial charge on any atom is -0.439 e. The van der Waals surface area contributed by atoms with E-state index in [0.717, 1.165) is 16.9 Å². The fraction of sp³-hybridized carbons (Fsp3) is 0.294. The highest BCUT2D eigenvalue weighted by atomic mass is 32.3. The molecule has 0 spiro atoms. The largest absolute Gasteiger partial charge is 0.439 e. The summed E-state index contributed by atoms with van der Waals surface area (Å²) in [7, 11) is -2.69. The molecule has 5 rings (SSSR count). The second kappa shape index (κ2) is 14.9. The Labute approximate surface area is 288 Å². The number of benzene rings is 2. The van der Waals surface area contributed by atoms with E-state index in [4.69, 9.17) is 10.5 Å². The number of alkyl carbamates (subject to hydrolysis) is 1. The van der Waals surface area contributed by atoms with Crippen LogP contribution in [0.15, 0.2) is 72.8 Å². The second-order valence-corrected chi connectivity index (χ2v) is 15.6. The van der Waals surface area contributed by atoms with Crippen molar-refractivity contribution in [2.75, 3.05) is 23.4 Å². The molecule has 2 aromatic carbocycles. The molecule has 3 heterocycles. The number of hydrogen-bond donors (Lipinski definition) is 7. The number of primary amides is 1. The smallest absolute Gasteiger partial charge is 0.408 e. The van der Waals surface area contributed by atoms with Gasteiger partial charge in [-0.15, -0.1) is 11.3 Å². The minimum atomic E-state index is -2.69. The van der Waals surface area contributed by atoms with Gasteiger partial charge in [0, 0.05) is 22.2 Å². The van der Waals surface area contributed by atoms with Crippen molar-refractivity contribution in [2.45, 2.75) is 44.4 Å². The molecule has 260 valence electrons. The Kier molecular flexibility index (Phi) is 10.9. The van der Waals surface area contributed by atoms with Gasteiger partial charge in [-0.05, 0) is 62.1 Å². The third kappa shape index (κ3) is 9.55. The molecule has 0 saturated carbocycles. The van der Waals surface area contributed by atoms with Gasteiger partial charge < -0.3 is 31.5 Å². The Morgan fingerprint density at radius 2 is 1.86 bits per heavy atom. The van der Waals surface area contributed by atoms with Crippen molar-refractivity contribution in [3.8, 4) is 10.4 Å². The van der Waals surface area contributed by atoms with Crippen LogP contribution < -0.4 is 21.7 Å². The van der Waals surface area contributed by atoms with Crippen LogP contribution in [0.2, 0.25) is 0 Å². The van der Waals surface area contributed by atoms with Crippen LogP contribution in [-0.2, 0) is 21.6 Å². The minimum absolute atomic E-state index is 0.0704. The summed E-state index contributed by atoms with van der Waals surface area (Å²) in [4.78, 5) is 42.7. The van der Waals surface area contributed by atoms with Crippen molar-refractivity contribution in [2.24, 2.45) is 5.73 Å².